The average molecular weight is 216 g/mol. The van der Waals surface area contributed by atoms with Crippen molar-refractivity contribution in [2.45, 2.75) is 59.2 Å². The van der Waals surface area contributed by atoms with Gasteiger partial charge in [-0.05, 0) is 33.6 Å². The maximum Gasteiger partial charge on any atom is 0.154 e. The molecule has 0 aromatic rings. The van der Waals surface area contributed by atoms with Crippen LogP contribution in [0.15, 0.2) is 0 Å². The number of rotatable bonds is 4. The Hall–Kier alpha value is -0.410. The highest BCUT2D eigenvalue weighted by Crippen LogP contribution is 2.12. The van der Waals surface area contributed by atoms with Gasteiger partial charge in [-0.2, -0.15) is 0 Å². The van der Waals surface area contributed by atoms with Gasteiger partial charge in [-0.3, -0.25) is 4.79 Å². The third kappa shape index (κ3) is 9.88. The monoisotopic (exact) mass is 216 g/mol. The maximum atomic E-state index is 10.5. The van der Waals surface area contributed by atoms with E-state index in [0.717, 1.165) is 38.9 Å². The Morgan fingerprint density at radius 3 is 1.80 bits per heavy atom. The standard InChI is InChI=1S/C6H14O2.C6H10O/c1-4-7-6(3)8-5-2;7-6-4-2-1-3-5-6/h6H,4-5H2,1-3H3;1-5H2. The molecule has 1 aliphatic rings. The molecule has 0 aromatic carbocycles. The second-order valence-electron chi connectivity index (χ2n) is 3.58. The number of hydrogen-bond acceptors (Lipinski definition) is 3. The molecule has 0 aromatic heterocycles. The van der Waals surface area contributed by atoms with Crippen molar-refractivity contribution in [1.29, 1.82) is 0 Å². The molecular weight excluding hydrogens is 192 g/mol. The summed E-state index contributed by atoms with van der Waals surface area (Å²) in [4.78, 5) is 10.5. The molecule has 3 heteroatoms. The van der Waals surface area contributed by atoms with Crippen molar-refractivity contribution in [3.05, 3.63) is 0 Å². The summed E-state index contributed by atoms with van der Waals surface area (Å²) in [5.41, 5.74) is 0. The molecule has 3 nitrogen and oxygen atoms in total. The smallest absolute Gasteiger partial charge is 0.154 e. The Balaban J connectivity index is 0.000000262. The second kappa shape index (κ2) is 10.1. The zero-order valence-corrected chi connectivity index (χ0v) is 10.3. The molecule has 1 rings (SSSR count). The molecule has 0 spiro atoms. The minimum Gasteiger partial charge on any atom is -0.353 e. The van der Waals surface area contributed by atoms with Gasteiger partial charge >= 0.3 is 0 Å². The van der Waals surface area contributed by atoms with Crippen molar-refractivity contribution < 1.29 is 14.3 Å². The van der Waals surface area contributed by atoms with E-state index in [4.69, 9.17) is 9.47 Å². The second-order valence-corrected chi connectivity index (χ2v) is 3.58. The summed E-state index contributed by atoms with van der Waals surface area (Å²) in [6.07, 6.45) is 5.20. The van der Waals surface area contributed by atoms with Crippen molar-refractivity contribution in [1.82, 2.24) is 0 Å². The van der Waals surface area contributed by atoms with Crippen LogP contribution in [0.5, 0.6) is 0 Å². The van der Waals surface area contributed by atoms with Crippen LogP contribution in [0.25, 0.3) is 0 Å². The van der Waals surface area contributed by atoms with Crippen LogP contribution in [-0.4, -0.2) is 25.3 Å². The summed E-state index contributed by atoms with van der Waals surface area (Å²) in [7, 11) is 0. The molecule has 0 atom stereocenters. The highest BCUT2D eigenvalue weighted by Gasteiger charge is 2.05. The van der Waals surface area contributed by atoms with Crippen molar-refractivity contribution >= 4 is 5.78 Å². The topological polar surface area (TPSA) is 35.5 Å². The SMILES string of the molecule is CCOC(C)OCC.O=C1CCCCC1. The fourth-order valence-electron chi connectivity index (χ4n) is 1.46. The molecule has 0 N–H and O–H groups in total. The largest absolute Gasteiger partial charge is 0.353 e. The zero-order chi connectivity index (χ0) is 11.5. The van der Waals surface area contributed by atoms with Gasteiger partial charge in [-0.25, -0.2) is 0 Å². The first-order valence-corrected chi connectivity index (χ1v) is 5.95. The van der Waals surface area contributed by atoms with E-state index < -0.39 is 0 Å². The van der Waals surface area contributed by atoms with E-state index >= 15 is 0 Å². The van der Waals surface area contributed by atoms with Gasteiger partial charge in [-0.15, -0.1) is 0 Å². The molecular formula is C12H24O3. The molecule has 90 valence electrons. The normalized spacial score (nSPS) is 16.1. The van der Waals surface area contributed by atoms with Crippen LogP contribution in [0.3, 0.4) is 0 Å². The number of carbonyl (C=O) groups is 1. The first-order chi connectivity index (χ1) is 7.20. The minimum atomic E-state index is -0.0370. The number of ether oxygens (including phenoxy) is 2. The van der Waals surface area contributed by atoms with Gasteiger partial charge in [0.25, 0.3) is 0 Å². The first kappa shape index (κ1) is 14.6. The van der Waals surface area contributed by atoms with Crippen molar-refractivity contribution in [3.63, 3.8) is 0 Å². The summed E-state index contributed by atoms with van der Waals surface area (Å²) < 4.78 is 10.1. The lowest BCUT2D eigenvalue weighted by atomic mass is 10.00. The molecule has 0 aliphatic heterocycles. The molecule has 0 unspecified atom stereocenters. The van der Waals surface area contributed by atoms with Crippen LogP contribution in [0.2, 0.25) is 0 Å². The lowest BCUT2D eigenvalue weighted by molar-refractivity contribution is -0.123. The average Bonchev–Trinajstić information content (AvgIpc) is 2.20. The molecule has 0 bridgehead atoms. The number of carbonyl (C=O) groups excluding carboxylic acids is 1. The van der Waals surface area contributed by atoms with Crippen LogP contribution in [0.1, 0.15) is 52.9 Å². The third-order valence-electron chi connectivity index (χ3n) is 2.21. The zero-order valence-electron chi connectivity index (χ0n) is 10.3. The summed E-state index contributed by atoms with van der Waals surface area (Å²) >= 11 is 0. The van der Waals surface area contributed by atoms with Crippen LogP contribution >= 0.6 is 0 Å². The number of Topliss-reactive ketones (excluding diaryl/α,β-unsaturated/α-hetero) is 1. The Morgan fingerprint density at radius 2 is 1.53 bits per heavy atom. The minimum absolute atomic E-state index is 0.0370. The number of hydrogen-bond donors (Lipinski definition) is 0. The molecule has 0 heterocycles. The Bertz CT molecular complexity index is 143. The summed E-state index contributed by atoms with van der Waals surface area (Å²) in [5, 5.41) is 0. The number of ketones is 1. The van der Waals surface area contributed by atoms with Gasteiger partial charge in [0.2, 0.25) is 0 Å². The molecule has 1 saturated carbocycles. The van der Waals surface area contributed by atoms with E-state index in [1.54, 1.807) is 0 Å². The molecule has 0 amide bonds. The van der Waals surface area contributed by atoms with Crippen LogP contribution in [-0.2, 0) is 14.3 Å². The fraction of sp³-hybridized carbons (Fsp3) is 0.917. The third-order valence-corrected chi connectivity index (χ3v) is 2.21. The lowest BCUT2D eigenvalue weighted by Crippen LogP contribution is -2.11. The van der Waals surface area contributed by atoms with E-state index in [9.17, 15) is 4.79 Å². The van der Waals surface area contributed by atoms with Gasteiger partial charge in [-0.1, -0.05) is 6.42 Å². The first-order valence-electron chi connectivity index (χ1n) is 5.95. The van der Waals surface area contributed by atoms with Crippen LogP contribution < -0.4 is 0 Å². The molecule has 0 saturated heterocycles. The summed E-state index contributed by atoms with van der Waals surface area (Å²) in [6.45, 7) is 7.25. The van der Waals surface area contributed by atoms with Crippen LogP contribution in [0, 0.1) is 0 Å². The Labute approximate surface area is 93.1 Å². The maximum absolute atomic E-state index is 10.5. The van der Waals surface area contributed by atoms with E-state index in [1.807, 2.05) is 20.8 Å². The van der Waals surface area contributed by atoms with Gasteiger partial charge in [0, 0.05) is 26.1 Å². The molecule has 1 aliphatic carbocycles. The highest BCUT2D eigenvalue weighted by molar-refractivity contribution is 5.78. The van der Waals surface area contributed by atoms with Crippen molar-refractivity contribution in [2.24, 2.45) is 0 Å². The van der Waals surface area contributed by atoms with Crippen molar-refractivity contribution in [3.8, 4) is 0 Å². The van der Waals surface area contributed by atoms with Crippen LogP contribution in [0.4, 0.5) is 0 Å². The Morgan fingerprint density at radius 1 is 1.07 bits per heavy atom. The predicted octanol–water partition coefficient (Wildman–Crippen LogP) is 2.93. The fourth-order valence-corrected chi connectivity index (χ4v) is 1.46. The van der Waals surface area contributed by atoms with Gasteiger partial charge < -0.3 is 9.47 Å². The van der Waals surface area contributed by atoms with E-state index in [1.165, 1.54) is 6.42 Å². The lowest BCUT2D eigenvalue weighted by Gasteiger charge is -2.09. The summed E-state index contributed by atoms with van der Waals surface area (Å²) in [5.74, 6) is 0.464. The van der Waals surface area contributed by atoms with Gasteiger partial charge in [0.1, 0.15) is 5.78 Å². The predicted molar refractivity (Wildman–Crippen MR) is 60.8 cm³/mol. The highest BCUT2D eigenvalue weighted by atomic mass is 16.7. The van der Waals surface area contributed by atoms with E-state index in [-0.39, 0.29) is 6.29 Å². The van der Waals surface area contributed by atoms with Crippen molar-refractivity contribution in [2.75, 3.05) is 13.2 Å². The molecule has 15 heavy (non-hydrogen) atoms. The van der Waals surface area contributed by atoms with E-state index in [0.29, 0.717) is 5.78 Å². The molecule has 0 radical (unpaired) electrons. The molecule has 1 fully saturated rings. The van der Waals surface area contributed by atoms with Gasteiger partial charge in [0.05, 0.1) is 0 Å². The van der Waals surface area contributed by atoms with Gasteiger partial charge in [0.15, 0.2) is 6.29 Å². The quantitative estimate of drug-likeness (QED) is 0.678. The Kier molecular flexibility index (Phi) is 9.84. The summed E-state index contributed by atoms with van der Waals surface area (Å²) in [6, 6.07) is 0. The van der Waals surface area contributed by atoms with E-state index in [2.05, 4.69) is 0 Å².